The molecule has 2 aromatic rings. The number of ether oxygens (including phenoxy) is 2. The van der Waals surface area contributed by atoms with E-state index < -0.39 is 0 Å². The molecule has 152 valence electrons. The SMILES string of the molecule is CCOc1ccc(NC(=O)CSC2=NN(C)CC(Oc3ccc(Br)cc3)=N2)cc1. The van der Waals surface area contributed by atoms with Crippen LogP contribution < -0.4 is 14.8 Å². The zero-order valence-corrected chi connectivity index (χ0v) is 18.5. The molecule has 7 nitrogen and oxygen atoms in total. The highest BCUT2D eigenvalue weighted by molar-refractivity contribution is 9.10. The standard InChI is InChI=1S/C20H21BrN4O3S/c1-3-27-16-10-6-15(7-11-16)22-18(26)13-29-20-23-19(12-25(2)24-20)28-17-8-4-14(21)5-9-17/h4-11H,3,12-13H2,1-2H3,(H,22,26). The molecule has 0 radical (unpaired) electrons. The van der Waals surface area contributed by atoms with Crippen molar-refractivity contribution in [2.45, 2.75) is 6.92 Å². The zero-order valence-electron chi connectivity index (χ0n) is 16.1. The number of halogens is 1. The molecule has 0 aromatic heterocycles. The van der Waals surface area contributed by atoms with Crippen LogP contribution in [0.2, 0.25) is 0 Å². The first-order valence-corrected chi connectivity index (χ1v) is 10.8. The van der Waals surface area contributed by atoms with Crippen LogP contribution in [-0.4, -0.2) is 47.9 Å². The van der Waals surface area contributed by atoms with Crippen molar-refractivity contribution in [2.75, 3.05) is 31.3 Å². The lowest BCUT2D eigenvalue weighted by molar-refractivity contribution is -0.113. The van der Waals surface area contributed by atoms with Gasteiger partial charge in [-0.2, -0.15) is 4.99 Å². The lowest BCUT2D eigenvalue weighted by Gasteiger charge is -2.20. The molecule has 0 atom stereocenters. The van der Waals surface area contributed by atoms with Crippen molar-refractivity contribution in [1.82, 2.24) is 5.01 Å². The Balaban J connectivity index is 1.53. The van der Waals surface area contributed by atoms with Crippen molar-refractivity contribution in [3.8, 4) is 11.5 Å². The van der Waals surface area contributed by atoms with Gasteiger partial charge in [0.1, 0.15) is 18.0 Å². The molecule has 0 saturated carbocycles. The molecule has 1 heterocycles. The number of nitrogens with zero attached hydrogens (tertiary/aromatic N) is 3. The van der Waals surface area contributed by atoms with E-state index in [-0.39, 0.29) is 11.7 Å². The summed E-state index contributed by atoms with van der Waals surface area (Å²) in [6.45, 7) is 2.99. The monoisotopic (exact) mass is 476 g/mol. The van der Waals surface area contributed by atoms with Gasteiger partial charge in [-0.15, -0.1) is 5.10 Å². The summed E-state index contributed by atoms with van der Waals surface area (Å²) in [7, 11) is 1.83. The normalized spacial score (nSPS) is 13.4. The molecule has 9 heteroatoms. The summed E-state index contributed by atoms with van der Waals surface area (Å²) in [4.78, 5) is 16.7. The Morgan fingerprint density at radius 3 is 2.55 bits per heavy atom. The number of anilines is 1. The number of carbonyl (C=O) groups excluding carboxylic acids is 1. The van der Waals surface area contributed by atoms with Crippen LogP contribution in [-0.2, 0) is 4.79 Å². The van der Waals surface area contributed by atoms with Crippen LogP contribution in [0.15, 0.2) is 63.1 Å². The van der Waals surface area contributed by atoms with Gasteiger partial charge in [-0.05, 0) is 55.5 Å². The van der Waals surface area contributed by atoms with Gasteiger partial charge >= 0.3 is 0 Å². The van der Waals surface area contributed by atoms with Crippen molar-refractivity contribution < 1.29 is 14.3 Å². The largest absolute Gasteiger partial charge is 0.494 e. The molecule has 3 rings (SSSR count). The Kier molecular flexibility index (Phi) is 7.54. The minimum Gasteiger partial charge on any atom is -0.494 e. The maximum atomic E-state index is 12.2. The quantitative estimate of drug-likeness (QED) is 0.675. The number of hydrogen-bond acceptors (Lipinski definition) is 7. The molecule has 1 aliphatic heterocycles. The number of hydrogen-bond donors (Lipinski definition) is 1. The molecule has 1 N–H and O–H groups in total. The first-order chi connectivity index (χ1) is 14.0. The number of amidine groups is 1. The third kappa shape index (κ3) is 6.79. The van der Waals surface area contributed by atoms with E-state index in [9.17, 15) is 4.79 Å². The van der Waals surface area contributed by atoms with E-state index in [0.29, 0.717) is 35.7 Å². The van der Waals surface area contributed by atoms with Gasteiger partial charge in [0.05, 0.1) is 12.4 Å². The number of aliphatic imine (C=N–C) groups is 1. The second-order valence-electron chi connectivity index (χ2n) is 6.05. The van der Waals surface area contributed by atoms with Crippen molar-refractivity contribution >= 4 is 50.4 Å². The number of rotatable bonds is 6. The highest BCUT2D eigenvalue weighted by Crippen LogP contribution is 2.19. The van der Waals surface area contributed by atoms with Gasteiger partial charge in [-0.25, -0.2) is 0 Å². The van der Waals surface area contributed by atoms with Crippen LogP contribution in [0, 0.1) is 0 Å². The van der Waals surface area contributed by atoms with Gasteiger partial charge in [0, 0.05) is 17.2 Å². The number of benzene rings is 2. The highest BCUT2D eigenvalue weighted by atomic mass is 79.9. The molecule has 1 aliphatic rings. The molecule has 29 heavy (non-hydrogen) atoms. The summed E-state index contributed by atoms with van der Waals surface area (Å²) in [6, 6.07) is 14.8. The average Bonchev–Trinajstić information content (AvgIpc) is 2.70. The van der Waals surface area contributed by atoms with Gasteiger partial charge in [0.2, 0.25) is 17.0 Å². The van der Waals surface area contributed by atoms with Crippen LogP contribution in [0.25, 0.3) is 0 Å². The number of amides is 1. The van der Waals surface area contributed by atoms with E-state index in [1.165, 1.54) is 11.8 Å². The lowest BCUT2D eigenvalue weighted by atomic mass is 10.3. The Morgan fingerprint density at radius 1 is 1.17 bits per heavy atom. The van der Waals surface area contributed by atoms with Crippen molar-refractivity contribution in [3.05, 3.63) is 53.0 Å². The maximum Gasteiger partial charge on any atom is 0.234 e. The molecular weight excluding hydrogens is 456 g/mol. The minimum atomic E-state index is -0.138. The van der Waals surface area contributed by atoms with Gasteiger partial charge in [-0.1, -0.05) is 27.7 Å². The number of likely N-dealkylation sites (N-methyl/N-ethyl adjacent to an activating group) is 1. The summed E-state index contributed by atoms with van der Waals surface area (Å²) in [6.07, 6.45) is 0. The summed E-state index contributed by atoms with van der Waals surface area (Å²) in [5.41, 5.74) is 0.713. The molecule has 0 bridgehead atoms. The van der Waals surface area contributed by atoms with Gasteiger partial charge in [0.15, 0.2) is 0 Å². The van der Waals surface area contributed by atoms with Gasteiger partial charge < -0.3 is 14.8 Å². The van der Waals surface area contributed by atoms with Crippen molar-refractivity contribution in [2.24, 2.45) is 10.1 Å². The van der Waals surface area contributed by atoms with E-state index in [0.717, 1.165) is 10.2 Å². The third-order valence-corrected chi connectivity index (χ3v) is 5.04. The number of thioether (sulfide) groups is 1. The van der Waals surface area contributed by atoms with Crippen molar-refractivity contribution in [3.63, 3.8) is 0 Å². The van der Waals surface area contributed by atoms with Crippen LogP contribution in [0.5, 0.6) is 11.5 Å². The Bertz CT molecular complexity index is 901. The van der Waals surface area contributed by atoms with E-state index in [1.807, 2.05) is 62.5 Å². The predicted molar refractivity (Wildman–Crippen MR) is 121 cm³/mol. The van der Waals surface area contributed by atoms with Gasteiger partial charge in [0.25, 0.3) is 0 Å². The Morgan fingerprint density at radius 2 is 1.86 bits per heavy atom. The fraction of sp³-hybridized carbons (Fsp3) is 0.250. The molecule has 0 saturated heterocycles. The molecule has 2 aromatic carbocycles. The summed E-state index contributed by atoms with van der Waals surface area (Å²) in [5.74, 6) is 2.04. The van der Waals surface area contributed by atoms with E-state index in [4.69, 9.17) is 9.47 Å². The minimum absolute atomic E-state index is 0.138. The zero-order chi connectivity index (χ0) is 20.6. The second kappa shape index (κ2) is 10.3. The van der Waals surface area contributed by atoms with Crippen LogP contribution in [0.1, 0.15) is 6.92 Å². The smallest absolute Gasteiger partial charge is 0.234 e. The molecule has 0 spiro atoms. The van der Waals surface area contributed by atoms with E-state index in [1.54, 1.807) is 5.01 Å². The average molecular weight is 477 g/mol. The van der Waals surface area contributed by atoms with Crippen molar-refractivity contribution in [1.29, 1.82) is 0 Å². The number of hydrazone groups is 1. The molecule has 1 amide bonds. The summed E-state index contributed by atoms with van der Waals surface area (Å²) >= 11 is 4.65. The molecule has 0 fully saturated rings. The highest BCUT2D eigenvalue weighted by Gasteiger charge is 2.16. The number of carbonyl (C=O) groups is 1. The van der Waals surface area contributed by atoms with Crippen LogP contribution in [0.4, 0.5) is 5.69 Å². The fourth-order valence-electron chi connectivity index (χ4n) is 2.42. The predicted octanol–water partition coefficient (Wildman–Crippen LogP) is 4.21. The maximum absolute atomic E-state index is 12.2. The molecule has 0 aliphatic carbocycles. The van der Waals surface area contributed by atoms with E-state index >= 15 is 0 Å². The third-order valence-electron chi connectivity index (χ3n) is 3.67. The Hall–Kier alpha value is -2.52. The van der Waals surface area contributed by atoms with Gasteiger partial charge in [-0.3, -0.25) is 9.80 Å². The first kappa shape index (κ1) is 21.2. The Labute approximate surface area is 182 Å². The fourth-order valence-corrected chi connectivity index (χ4v) is 3.38. The molecule has 0 unspecified atom stereocenters. The topological polar surface area (TPSA) is 75.5 Å². The van der Waals surface area contributed by atoms with E-state index in [2.05, 4.69) is 31.3 Å². The second-order valence-corrected chi connectivity index (χ2v) is 7.91. The summed E-state index contributed by atoms with van der Waals surface area (Å²) in [5, 5.41) is 9.40. The summed E-state index contributed by atoms with van der Waals surface area (Å²) < 4.78 is 12.2. The first-order valence-electron chi connectivity index (χ1n) is 8.98. The van der Waals surface area contributed by atoms with Crippen LogP contribution >= 0.6 is 27.7 Å². The molecular formula is C20H21BrN4O3S. The lowest BCUT2D eigenvalue weighted by Crippen LogP contribution is -2.31. The number of nitrogens with one attached hydrogen (secondary N) is 1. The van der Waals surface area contributed by atoms with Crippen LogP contribution in [0.3, 0.4) is 0 Å².